The molecule has 0 N–H and O–H groups in total. The number of halogens is 2. The van der Waals surface area contributed by atoms with Crippen LogP contribution in [0.3, 0.4) is 0 Å². The largest absolute Gasteiger partial charge is 0.214 e. The number of aromatic nitrogens is 4. The molecule has 106 valence electrons. The molecule has 0 spiro atoms. The lowest BCUT2D eigenvalue weighted by molar-refractivity contribution is 0.627. The monoisotopic (exact) mass is 320 g/mol. The number of benzene rings is 2. The van der Waals surface area contributed by atoms with Gasteiger partial charge in [0.05, 0.1) is 5.69 Å². The van der Waals surface area contributed by atoms with Gasteiger partial charge in [0, 0.05) is 10.8 Å². The predicted molar refractivity (Wildman–Crippen MR) is 80.1 cm³/mol. The van der Waals surface area contributed by atoms with Gasteiger partial charge in [0.1, 0.15) is 5.82 Å². The molecule has 0 aliphatic heterocycles. The second kappa shape index (κ2) is 6.24. The van der Waals surface area contributed by atoms with Crippen LogP contribution in [0.25, 0.3) is 5.69 Å². The van der Waals surface area contributed by atoms with Crippen molar-refractivity contribution in [1.82, 2.24) is 20.2 Å². The Hall–Kier alpha value is -1.92. The highest BCUT2D eigenvalue weighted by Gasteiger charge is 2.09. The predicted octanol–water partition coefficient (Wildman–Crippen LogP) is 3.75. The molecular weight excluding hydrogens is 311 g/mol. The fraction of sp³-hybridized carbons (Fsp3) is 0.0714. The van der Waals surface area contributed by atoms with Gasteiger partial charge in [-0.3, -0.25) is 0 Å². The van der Waals surface area contributed by atoms with Gasteiger partial charge in [0.15, 0.2) is 0 Å². The molecule has 3 aromatic rings. The third-order valence-electron chi connectivity index (χ3n) is 2.79. The Labute approximate surface area is 129 Å². The summed E-state index contributed by atoms with van der Waals surface area (Å²) < 4.78 is 14.5. The Kier molecular flexibility index (Phi) is 4.17. The SMILES string of the molecule is Fc1ccc(CSc2nnnn2-c2ccc(Cl)cc2)cc1. The fourth-order valence-corrected chi connectivity index (χ4v) is 2.71. The van der Waals surface area contributed by atoms with Crippen LogP contribution in [0, 0.1) is 5.82 Å². The smallest absolute Gasteiger partial charge is 0.207 e. The van der Waals surface area contributed by atoms with Crippen LogP contribution in [0.15, 0.2) is 53.7 Å². The van der Waals surface area contributed by atoms with E-state index in [1.807, 2.05) is 12.1 Å². The third kappa shape index (κ3) is 3.40. The maximum absolute atomic E-state index is 12.9. The van der Waals surface area contributed by atoms with Crippen molar-refractivity contribution < 1.29 is 4.39 Å². The molecular formula is C14H10ClFN4S. The lowest BCUT2D eigenvalue weighted by Gasteiger charge is -2.04. The van der Waals surface area contributed by atoms with Gasteiger partial charge < -0.3 is 0 Å². The molecule has 1 aromatic heterocycles. The molecule has 0 fully saturated rings. The average Bonchev–Trinajstić information content (AvgIpc) is 2.96. The van der Waals surface area contributed by atoms with E-state index in [1.54, 1.807) is 28.9 Å². The molecule has 0 saturated carbocycles. The van der Waals surface area contributed by atoms with Crippen molar-refractivity contribution >= 4 is 23.4 Å². The van der Waals surface area contributed by atoms with Gasteiger partial charge in [-0.25, -0.2) is 4.39 Å². The van der Waals surface area contributed by atoms with Crippen LogP contribution in [0.4, 0.5) is 4.39 Å². The van der Waals surface area contributed by atoms with E-state index in [0.29, 0.717) is 15.9 Å². The number of hydrogen-bond donors (Lipinski definition) is 0. The Morgan fingerprint density at radius 1 is 1.05 bits per heavy atom. The molecule has 2 aromatic carbocycles. The summed E-state index contributed by atoms with van der Waals surface area (Å²) in [6, 6.07) is 13.6. The zero-order valence-electron chi connectivity index (χ0n) is 10.8. The fourth-order valence-electron chi connectivity index (χ4n) is 1.74. The van der Waals surface area contributed by atoms with E-state index < -0.39 is 0 Å². The molecule has 0 aliphatic rings. The number of thioether (sulfide) groups is 1. The molecule has 21 heavy (non-hydrogen) atoms. The molecule has 0 atom stereocenters. The summed E-state index contributed by atoms with van der Waals surface area (Å²) in [7, 11) is 0. The Balaban J connectivity index is 1.76. The van der Waals surface area contributed by atoms with Crippen molar-refractivity contribution in [3.8, 4) is 5.69 Å². The van der Waals surface area contributed by atoms with Crippen LogP contribution >= 0.6 is 23.4 Å². The Morgan fingerprint density at radius 2 is 1.76 bits per heavy atom. The Bertz CT molecular complexity index is 727. The van der Waals surface area contributed by atoms with Gasteiger partial charge in [0.2, 0.25) is 5.16 Å². The summed E-state index contributed by atoms with van der Waals surface area (Å²) in [5, 5.41) is 13.0. The number of nitrogens with zero attached hydrogens (tertiary/aromatic N) is 4. The molecule has 0 unspecified atom stereocenters. The standard InChI is InChI=1S/C14H10ClFN4S/c15-11-3-7-13(8-4-11)20-14(17-18-19-20)21-9-10-1-5-12(16)6-2-10/h1-8H,9H2. The zero-order chi connectivity index (χ0) is 14.7. The van der Waals surface area contributed by atoms with Crippen LogP contribution in [0.1, 0.15) is 5.56 Å². The first-order valence-corrected chi connectivity index (χ1v) is 7.50. The summed E-state index contributed by atoms with van der Waals surface area (Å²) >= 11 is 7.35. The second-order valence-corrected chi connectivity index (χ2v) is 5.64. The number of tetrazole rings is 1. The molecule has 7 heteroatoms. The third-order valence-corrected chi connectivity index (χ3v) is 4.04. The van der Waals surface area contributed by atoms with Gasteiger partial charge in [0.25, 0.3) is 0 Å². The maximum atomic E-state index is 12.9. The van der Waals surface area contributed by atoms with E-state index in [0.717, 1.165) is 11.3 Å². The van der Waals surface area contributed by atoms with E-state index in [1.165, 1.54) is 23.9 Å². The minimum atomic E-state index is -0.241. The summed E-state index contributed by atoms with van der Waals surface area (Å²) in [5.41, 5.74) is 1.85. The Morgan fingerprint density at radius 3 is 2.48 bits per heavy atom. The van der Waals surface area contributed by atoms with Crippen molar-refractivity contribution in [3.05, 3.63) is 64.9 Å². The van der Waals surface area contributed by atoms with E-state index >= 15 is 0 Å². The van der Waals surface area contributed by atoms with Gasteiger partial charge in [-0.2, -0.15) is 4.68 Å². The molecule has 0 radical (unpaired) electrons. The van der Waals surface area contributed by atoms with Crippen molar-refractivity contribution in [1.29, 1.82) is 0 Å². The molecule has 0 amide bonds. The highest BCUT2D eigenvalue weighted by atomic mass is 35.5. The highest BCUT2D eigenvalue weighted by Crippen LogP contribution is 2.23. The van der Waals surface area contributed by atoms with Crippen molar-refractivity contribution in [2.45, 2.75) is 10.9 Å². The average molecular weight is 321 g/mol. The van der Waals surface area contributed by atoms with Crippen LogP contribution < -0.4 is 0 Å². The molecule has 3 rings (SSSR count). The van der Waals surface area contributed by atoms with Crippen LogP contribution in [-0.4, -0.2) is 20.2 Å². The quantitative estimate of drug-likeness (QED) is 0.687. The highest BCUT2D eigenvalue weighted by molar-refractivity contribution is 7.98. The van der Waals surface area contributed by atoms with Gasteiger partial charge in [-0.1, -0.05) is 35.5 Å². The normalized spacial score (nSPS) is 10.8. The van der Waals surface area contributed by atoms with Gasteiger partial charge in [-0.05, 0) is 52.4 Å². The molecule has 0 aliphatic carbocycles. The van der Waals surface area contributed by atoms with Crippen LogP contribution in [0.2, 0.25) is 5.02 Å². The first-order valence-electron chi connectivity index (χ1n) is 6.14. The van der Waals surface area contributed by atoms with Crippen molar-refractivity contribution in [3.63, 3.8) is 0 Å². The molecule has 1 heterocycles. The van der Waals surface area contributed by atoms with E-state index in [9.17, 15) is 4.39 Å². The second-order valence-electron chi connectivity index (χ2n) is 4.26. The molecule has 0 bridgehead atoms. The van der Waals surface area contributed by atoms with E-state index in [-0.39, 0.29) is 5.82 Å². The number of rotatable bonds is 4. The van der Waals surface area contributed by atoms with Gasteiger partial charge in [-0.15, -0.1) is 5.10 Å². The van der Waals surface area contributed by atoms with E-state index in [2.05, 4.69) is 15.5 Å². The minimum absolute atomic E-state index is 0.241. The van der Waals surface area contributed by atoms with Crippen molar-refractivity contribution in [2.24, 2.45) is 0 Å². The van der Waals surface area contributed by atoms with Gasteiger partial charge >= 0.3 is 0 Å². The minimum Gasteiger partial charge on any atom is -0.207 e. The molecule has 0 saturated heterocycles. The summed E-state index contributed by atoms with van der Waals surface area (Å²) in [6.45, 7) is 0. The lowest BCUT2D eigenvalue weighted by Crippen LogP contribution is -1.98. The first kappa shape index (κ1) is 14.0. The van der Waals surface area contributed by atoms with E-state index in [4.69, 9.17) is 11.6 Å². The summed E-state index contributed by atoms with van der Waals surface area (Å²) in [6.07, 6.45) is 0. The summed E-state index contributed by atoms with van der Waals surface area (Å²) in [5.74, 6) is 0.420. The van der Waals surface area contributed by atoms with Crippen LogP contribution in [0.5, 0.6) is 0 Å². The first-order chi connectivity index (χ1) is 10.2. The van der Waals surface area contributed by atoms with Crippen LogP contribution in [-0.2, 0) is 5.75 Å². The molecule has 4 nitrogen and oxygen atoms in total. The topological polar surface area (TPSA) is 43.6 Å². The zero-order valence-corrected chi connectivity index (χ0v) is 12.4. The number of hydrogen-bond acceptors (Lipinski definition) is 4. The lowest BCUT2D eigenvalue weighted by atomic mass is 10.2. The summed E-state index contributed by atoms with van der Waals surface area (Å²) in [4.78, 5) is 0. The van der Waals surface area contributed by atoms with Crippen molar-refractivity contribution in [2.75, 3.05) is 0 Å². The maximum Gasteiger partial charge on any atom is 0.214 e.